The van der Waals surface area contributed by atoms with Gasteiger partial charge < -0.3 is 14.7 Å². The molecule has 7 nitrogen and oxygen atoms in total. The molecule has 7 heteroatoms. The zero-order valence-corrected chi connectivity index (χ0v) is 17.4. The number of ether oxygens (including phenoxy) is 1. The highest BCUT2D eigenvalue weighted by Gasteiger charge is 2.23. The van der Waals surface area contributed by atoms with Crippen LogP contribution >= 0.6 is 0 Å². The molecule has 2 N–H and O–H groups in total. The first-order valence-corrected chi connectivity index (χ1v) is 9.97. The fourth-order valence-electron chi connectivity index (χ4n) is 3.60. The number of aromatic nitrogens is 4. The van der Waals surface area contributed by atoms with Crippen molar-refractivity contribution in [3.05, 3.63) is 53.6 Å². The number of rotatable bonds is 7. The van der Waals surface area contributed by atoms with Crippen molar-refractivity contribution in [2.45, 2.75) is 27.2 Å². The van der Waals surface area contributed by atoms with Crippen molar-refractivity contribution in [2.75, 3.05) is 7.11 Å². The van der Waals surface area contributed by atoms with Crippen molar-refractivity contribution >= 4 is 33.6 Å². The van der Waals surface area contributed by atoms with Crippen molar-refractivity contribution < 1.29 is 14.3 Å². The molecule has 154 valence electrons. The first-order valence-electron chi connectivity index (χ1n) is 9.97. The quantitative estimate of drug-likeness (QED) is 0.446. The molecule has 0 fully saturated rings. The van der Waals surface area contributed by atoms with E-state index in [1.54, 1.807) is 7.11 Å². The minimum atomic E-state index is -0.312. The Labute approximate surface area is 173 Å². The van der Waals surface area contributed by atoms with Crippen LogP contribution in [0, 0.1) is 11.8 Å². The molecule has 0 amide bonds. The molecular weight excluding hydrogens is 380 g/mol. The van der Waals surface area contributed by atoms with Gasteiger partial charge in [-0.05, 0) is 30.2 Å². The Bertz CT molecular complexity index is 1220. The van der Waals surface area contributed by atoms with E-state index in [9.17, 15) is 9.59 Å². The van der Waals surface area contributed by atoms with E-state index in [0.717, 1.165) is 22.1 Å². The average molecular weight is 404 g/mol. The Morgan fingerprint density at radius 2 is 1.63 bits per heavy atom. The lowest BCUT2D eigenvalue weighted by atomic mass is 9.95. The first kappa shape index (κ1) is 19.8. The van der Waals surface area contributed by atoms with Crippen LogP contribution in [0.4, 0.5) is 0 Å². The highest BCUT2D eigenvalue weighted by molar-refractivity contribution is 5.99. The summed E-state index contributed by atoms with van der Waals surface area (Å²) in [6.07, 6.45) is 0.468. The summed E-state index contributed by atoms with van der Waals surface area (Å²) in [7, 11) is 1.57. The predicted molar refractivity (Wildman–Crippen MR) is 115 cm³/mol. The molecule has 0 aliphatic rings. The number of aromatic amines is 2. The van der Waals surface area contributed by atoms with Crippen molar-refractivity contribution in [1.82, 2.24) is 19.9 Å². The highest BCUT2D eigenvalue weighted by atomic mass is 16.5. The molecule has 2 aromatic carbocycles. The van der Waals surface area contributed by atoms with E-state index in [0.29, 0.717) is 29.3 Å². The van der Waals surface area contributed by atoms with Gasteiger partial charge in [0, 0.05) is 11.8 Å². The minimum absolute atomic E-state index is 0.0526. The van der Waals surface area contributed by atoms with E-state index in [4.69, 9.17) is 4.74 Å². The second kappa shape index (κ2) is 7.74. The molecule has 2 heterocycles. The van der Waals surface area contributed by atoms with E-state index < -0.39 is 0 Å². The molecule has 2 aromatic heterocycles. The molecule has 4 rings (SSSR count). The van der Waals surface area contributed by atoms with Crippen LogP contribution < -0.4 is 4.74 Å². The normalized spacial score (nSPS) is 12.6. The number of ketones is 2. The van der Waals surface area contributed by atoms with Gasteiger partial charge in [0.05, 0.1) is 23.7 Å². The van der Waals surface area contributed by atoms with Gasteiger partial charge in [-0.1, -0.05) is 39.0 Å². The summed E-state index contributed by atoms with van der Waals surface area (Å²) in [5.41, 5.74) is 3.80. The molecule has 4 aromatic rings. The number of benzene rings is 2. The van der Waals surface area contributed by atoms with Crippen LogP contribution in [-0.4, -0.2) is 38.6 Å². The van der Waals surface area contributed by atoms with Gasteiger partial charge in [-0.2, -0.15) is 0 Å². The van der Waals surface area contributed by atoms with Gasteiger partial charge in [0.2, 0.25) is 11.6 Å². The van der Waals surface area contributed by atoms with Crippen LogP contribution in [0.1, 0.15) is 47.6 Å². The van der Waals surface area contributed by atoms with E-state index in [1.165, 1.54) is 0 Å². The number of hydrogen-bond donors (Lipinski definition) is 2. The van der Waals surface area contributed by atoms with Crippen molar-refractivity contribution in [1.29, 1.82) is 0 Å². The van der Waals surface area contributed by atoms with E-state index >= 15 is 0 Å². The minimum Gasteiger partial charge on any atom is -0.494 e. The lowest BCUT2D eigenvalue weighted by molar-refractivity contribution is 0.0916. The monoisotopic (exact) mass is 404 g/mol. The zero-order valence-electron chi connectivity index (χ0n) is 17.4. The Morgan fingerprint density at radius 1 is 0.933 bits per heavy atom. The molecule has 30 heavy (non-hydrogen) atoms. The third kappa shape index (κ3) is 3.47. The fraction of sp³-hybridized carbons (Fsp3) is 0.304. The maximum Gasteiger partial charge on any atom is 0.201 e. The van der Waals surface area contributed by atoms with Crippen LogP contribution in [0.15, 0.2) is 36.4 Å². The number of hydrogen-bond acceptors (Lipinski definition) is 5. The van der Waals surface area contributed by atoms with Crippen LogP contribution in [0.25, 0.3) is 22.1 Å². The lowest BCUT2D eigenvalue weighted by Gasteiger charge is -2.13. The highest BCUT2D eigenvalue weighted by Crippen LogP contribution is 2.31. The summed E-state index contributed by atoms with van der Waals surface area (Å²) in [5, 5.41) is 0. The second-order valence-corrected chi connectivity index (χ2v) is 7.83. The summed E-state index contributed by atoms with van der Waals surface area (Å²) in [6.45, 7) is 5.55. The molecule has 0 aliphatic carbocycles. The molecule has 0 saturated carbocycles. The number of methoxy groups -OCH3 is 1. The number of H-pyrrole nitrogens is 2. The lowest BCUT2D eigenvalue weighted by Crippen LogP contribution is -2.16. The van der Waals surface area contributed by atoms with Gasteiger partial charge in [0.15, 0.2) is 11.6 Å². The maximum atomic E-state index is 12.9. The zero-order chi connectivity index (χ0) is 21.4. The number of nitrogens with zero attached hydrogens (tertiary/aromatic N) is 2. The summed E-state index contributed by atoms with van der Waals surface area (Å²) in [5.74, 6) is 0.672. The Morgan fingerprint density at radius 3 is 2.33 bits per heavy atom. The summed E-state index contributed by atoms with van der Waals surface area (Å²) >= 11 is 0. The smallest absolute Gasteiger partial charge is 0.201 e. The Balaban J connectivity index is 1.63. The van der Waals surface area contributed by atoms with Crippen LogP contribution in [0.2, 0.25) is 0 Å². The summed E-state index contributed by atoms with van der Waals surface area (Å²) in [6, 6.07) is 11.3. The van der Waals surface area contributed by atoms with E-state index in [-0.39, 0.29) is 23.4 Å². The number of nitrogens with one attached hydrogen (secondary N) is 2. The average Bonchev–Trinajstić information content (AvgIpc) is 3.36. The topological polar surface area (TPSA) is 101 Å². The van der Waals surface area contributed by atoms with E-state index in [2.05, 4.69) is 19.9 Å². The van der Waals surface area contributed by atoms with Crippen molar-refractivity contribution in [2.24, 2.45) is 11.8 Å². The number of Topliss-reactive ketones (excluding diaryl/α,β-unsaturated/α-hetero) is 2. The molecule has 0 bridgehead atoms. The van der Waals surface area contributed by atoms with Gasteiger partial charge in [-0.15, -0.1) is 0 Å². The largest absolute Gasteiger partial charge is 0.494 e. The number of imidazole rings is 2. The maximum absolute atomic E-state index is 12.9. The van der Waals surface area contributed by atoms with Gasteiger partial charge in [0.25, 0.3) is 0 Å². The Hall–Kier alpha value is -3.48. The second-order valence-electron chi connectivity index (χ2n) is 7.83. The van der Waals surface area contributed by atoms with Gasteiger partial charge in [-0.3, -0.25) is 9.59 Å². The van der Waals surface area contributed by atoms with E-state index in [1.807, 2.05) is 57.2 Å². The first-order chi connectivity index (χ1) is 14.4. The fourth-order valence-corrected chi connectivity index (χ4v) is 3.60. The molecule has 0 saturated heterocycles. The molecule has 0 radical (unpaired) electrons. The van der Waals surface area contributed by atoms with Crippen LogP contribution in [0.3, 0.4) is 0 Å². The molecule has 0 aliphatic heterocycles. The third-order valence-corrected chi connectivity index (χ3v) is 5.25. The molecule has 1 unspecified atom stereocenters. The summed E-state index contributed by atoms with van der Waals surface area (Å²) in [4.78, 5) is 40.3. The third-order valence-electron chi connectivity index (χ3n) is 5.25. The predicted octanol–water partition coefficient (Wildman–Crippen LogP) is 4.35. The standard InChI is InChI=1S/C23H24N4O3/c1-12(2)19(28)22-26-17-10-9-14(21(30-4)18(17)27-22)11-13(3)20(29)23-24-15-7-5-6-8-16(15)25-23/h5-10,12-13H,11H2,1-4H3,(H,24,25)(H,26,27). The van der Waals surface area contributed by atoms with Gasteiger partial charge in [0.1, 0.15) is 11.3 Å². The Kier molecular flexibility index (Phi) is 5.11. The molecule has 1 atom stereocenters. The van der Waals surface area contributed by atoms with Crippen LogP contribution in [0.5, 0.6) is 5.75 Å². The number of carbonyl (C=O) groups is 2. The van der Waals surface area contributed by atoms with Gasteiger partial charge in [-0.25, -0.2) is 9.97 Å². The van der Waals surface area contributed by atoms with Gasteiger partial charge >= 0.3 is 0 Å². The van der Waals surface area contributed by atoms with Crippen molar-refractivity contribution in [3.63, 3.8) is 0 Å². The SMILES string of the molecule is COc1c(CC(C)C(=O)c2nc3ccccc3[nH]2)ccc2[nH]c(C(=O)C(C)C)nc12. The molecule has 0 spiro atoms. The number of carbonyl (C=O) groups excluding carboxylic acids is 2. The molecular formula is C23H24N4O3. The number of para-hydroxylation sites is 2. The van der Waals surface area contributed by atoms with Crippen molar-refractivity contribution in [3.8, 4) is 5.75 Å². The van der Waals surface area contributed by atoms with Crippen LogP contribution in [-0.2, 0) is 6.42 Å². The number of fused-ring (bicyclic) bond motifs is 2. The summed E-state index contributed by atoms with van der Waals surface area (Å²) < 4.78 is 5.62.